The van der Waals surface area contributed by atoms with E-state index in [1.165, 1.54) is 10.4 Å². The van der Waals surface area contributed by atoms with E-state index in [0.29, 0.717) is 12.5 Å². The zero-order chi connectivity index (χ0) is 15.1. The lowest BCUT2D eigenvalue weighted by Crippen LogP contribution is -2.39. The maximum atomic E-state index is 4.60. The minimum Gasteiger partial charge on any atom is -0.357 e. The van der Waals surface area contributed by atoms with Crippen LogP contribution in [0.1, 0.15) is 35.2 Å². The number of thiophene rings is 1. The van der Waals surface area contributed by atoms with Crippen LogP contribution in [0.5, 0.6) is 0 Å². The number of aliphatic imine (C=N–C) groups is 1. The summed E-state index contributed by atoms with van der Waals surface area (Å²) in [4.78, 5) is 10.2. The number of nitrogens with zero attached hydrogens (tertiary/aromatic N) is 2. The van der Waals surface area contributed by atoms with Gasteiger partial charge in [0.1, 0.15) is 5.01 Å². The zero-order valence-corrected chi connectivity index (χ0v) is 14.4. The molecule has 1 unspecified atom stereocenters. The first-order valence-corrected chi connectivity index (χ1v) is 8.90. The van der Waals surface area contributed by atoms with Crippen LogP contribution in [-0.4, -0.2) is 24.0 Å². The molecule has 0 saturated heterocycles. The Labute approximate surface area is 134 Å². The van der Waals surface area contributed by atoms with Crippen molar-refractivity contribution in [3.05, 3.63) is 38.5 Å². The summed E-state index contributed by atoms with van der Waals surface area (Å²) < 4.78 is 0. The SMILES string of the molecule is CCNC(=NCc1ncc(C)s1)NCC(C)c1ccsc1. The molecule has 2 heterocycles. The molecule has 0 fully saturated rings. The van der Waals surface area contributed by atoms with E-state index < -0.39 is 0 Å². The van der Waals surface area contributed by atoms with Crippen molar-refractivity contribution in [3.8, 4) is 0 Å². The standard InChI is InChI=1S/C15H22N4S2/c1-4-16-15(19-9-14-17-8-12(3)21-14)18-7-11(2)13-5-6-20-10-13/h5-6,8,10-11H,4,7,9H2,1-3H3,(H2,16,18,19). The first kappa shape index (κ1) is 16.0. The molecule has 0 aliphatic carbocycles. The molecule has 2 rings (SSSR count). The molecule has 0 bridgehead atoms. The number of aromatic nitrogens is 1. The largest absolute Gasteiger partial charge is 0.357 e. The third kappa shape index (κ3) is 5.13. The third-order valence-corrected chi connectivity index (χ3v) is 4.67. The van der Waals surface area contributed by atoms with Crippen LogP contribution in [0.3, 0.4) is 0 Å². The molecule has 2 aromatic rings. The first-order chi connectivity index (χ1) is 10.2. The maximum absolute atomic E-state index is 4.60. The Balaban J connectivity index is 1.89. The van der Waals surface area contributed by atoms with E-state index in [1.54, 1.807) is 22.7 Å². The van der Waals surface area contributed by atoms with Gasteiger partial charge in [0, 0.05) is 24.2 Å². The number of thiazole rings is 1. The molecule has 0 amide bonds. The predicted octanol–water partition coefficient (Wildman–Crippen LogP) is 3.37. The van der Waals surface area contributed by atoms with Gasteiger partial charge in [-0.2, -0.15) is 11.3 Å². The number of hydrogen-bond donors (Lipinski definition) is 2. The molecule has 6 heteroatoms. The van der Waals surface area contributed by atoms with Crippen molar-refractivity contribution in [2.75, 3.05) is 13.1 Å². The van der Waals surface area contributed by atoms with Crippen molar-refractivity contribution in [1.82, 2.24) is 15.6 Å². The molecule has 0 spiro atoms. The molecular weight excluding hydrogens is 300 g/mol. The van der Waals surface area contributed by atoms with Crippen molar-refractivity contribution in [2.24, 2.45) is 4.99 Å². The fraction of sp³-hybridized carbons (Fsp3) is 0.467. The van der Waals surface area contributed by atoms with Gasteiger partial charge in [0.05, 0.1) is 6.54 Å². The van der Waals surface area contributed by atoms with E-state index in [-0.39, 0.29) is 0 Å². The second kappa shape index (κ2) is 8.14. The van der Waals surface area contributed by atoms with Crippen LogP contribution in [0.15, 0.2) is 28.0 Å². The van der Waals surface area contributed by atoms with E-state index in [9.17, 15) is 0 Å². The van der Waals surface area contributed by atoms with Crippen LogP contribution in [0.25, 0.3) is 0 Å². The van der Waals surface area contributed by atoms with Crippen molar-refractivity contribution in [1.29, 1.82) is 0 Å². The van der Waals surface area contributed by atoms with Crippen LogP contribution in [0.4, 0.5) is 0 Å². The van der Waals surface area contributed by atoms with Gasteiger partial charge in [-0.15, -0.1) is 11.3 Å². The maximum Gasteiger partial charge on any atom is 0.191 e. The quantitative estimate of drug-likeness (QED) is 0.633. The van der Waals surface area contributed by atoms with Gasteiger partial charge in [-0.25, -0.2) is 9.98 Å². The van der Waals surface area contributed by atoms with Gasteiger partial charge in [-0.3, -0.25) is 0 Å². The first-order valence-electron chi connectivity index (χ1n) is 7.14. The summed E-state index contributed by atoms with van der Waals surface area (Å²) in [7, 11) is 0. The van der Waals surface area contributed by atoms with Gasteiger partial charge >= 0.3 is 0 Å². The average molecular weight is 323 g/mol. The number of guanidine groups is 1. The van der Waals surface area contributed by atoms with Crippen LogP contribution in [-0.2, 0) is 6.54 Å². The Hall–Kier alpha value is -1.40. The summed E-state index contributed by atoms with van der Waals surface area (Å²) in [5.41, 5.74) is 1.37. The Kier molecular flexibility index (Phi) is 6.20. The van der Waals surface area contributed by atoms with E-state index in [2.05, 4.69) is 58.2 Å². The molecule has 0 aromatic carbocycles. The molecule has 0 saturated carbocycles. The Morgan fingerprint density at radius 2 is 2.29 bits per heavy atom. The second-order valence-corrected chi connectivity index (χ2v) is 7.00. The molecule has 2 N–H and O–H groups in total. The predicted molar refractivity (Wildman–Crippen MR) is 92.4 cm³/mol. The van der Waals surface area contributed by atoms with Gasteiger partial charge in [0.2, 0.25) is 0 Å². The number of nitrogens with one attached hydrogen (secondary N) is 2. The Bertz CT molecular complexity index is 560. The Morgan fingerprint density at radius 1 is 1.43 bits per heavy atom. The van der Waals surface area contributed by atoms with Crippen LogP contribution in [0.2, 0.25) is 0 Å². The van der Waals surface area contributed by atoms with Crippen molar-refractivity contribution in [2.45, 2.75) is 33.2 Å². The number of aryl methyl sites for hydroxylation is 1. The molecule has 0 aliphatic rings. The van der Waals surface area contributed by atoms with Crippen LogP contribution < -0.4 is 10.6 Å². The normalized spacial score (nSPS) is 13.2. The van der Waals surface area contributed by atoms with E-state index in [1.807, 2.05) is 6.20 Å². The monoisotopic (exact) mass is 322 g/mol. The molecule has 114 valence electrons. The van der Waals surface area contributed by atoms with E-state index >= 15 is 0 Å². The van der Waals surface area contributed by atoms with Crippen molar-refractivity contribution in [3.63, 3.8) is 0 Å². The summed E-state index contributed by atoms with van der Waals surface area (Å²) in [6.45, 7) is 8.72. The summed E-state index contributed by atoms with van der Waals surface area (Å²) >= 11 is 3.44. The third-order valence-electron chi connectivity index (χ3n) is 3.07. The van der Waals surface area contributed by atoms with Crippen LogP contribution in [0, 0.1) is 6.92 Å². The molecule has 4 nitrogen and oxygen atoms in total. The summed E-state index contributed by atoms with van der Waals surface area (Å²) in [5, 5.41) is 12.1. The summed E-state index contributed by atoms with van der Waals surface area (Å²) in [6.07, 6.45) is 1.90. The lowest BCUT2D eigenvalue weighted by molar-refractivity contribution is 0.701. The highest BCUT2D eigenvalue weighted by Gasteiger charge is 2.07. The Morgan fingerprint density at radius 3 is 2.90 bits per heavy atom. The lowest BCUT2D eigenvalue weighted by Gasteiger charge is -2.15. The summed E-state index contributed by atoms with van der Waals surface area (Å²) in [6, 6.07) is 2.18. The van der Waals surface area contributed by atoms with Crippen molar-refractivity contribution < 1.29 is 0 Å². The number of hydrogen-bond acceptors (Lipinski definition) is 4. The molecule has 1 atom stereocenters. The number of rotatable bonds is 6. The average Bonchev–Trinajstić information content (AvgIpc) is 3.13. The highest BCUT2D eigenvalue weighted by atomic mass is 32.1. The van der Waals surface area contributed by atoms with Gasteiger partial charge in [0.15, 0.2) is 5.96 Å². The van der Waals surface area contributed by atoms with Gasteiger partial charge in [-0.05, 0) is 42.2 Å². The lowest BCUT2D eigenvalue weighted by atomic mass is 10.1. The molecule has 21 heavy (non-hydrogen) atoms. The molecule has 0 aliphatic heterocycles. The summed E-state index contributed by atoms with van der Waals surface area (Å²) in [5.74, 6) is 1.33. The highest BCUT2D eigenvalue weighted by Crippen LogP contribution is 2.17. The zero-order valence-electron chi connectivity index (χ0n) is 12.7. The second-order valence-electron chi connectivity index (χ2n) is 4.90. The highest BCUT2D eigenvalue weighted by molar-refractivity contribution is 7.11. The van der Waals surface area contributed by atoms with Gasteiger partial charge in [0.25, 0.3) is 0 Å². The van der Waals surface area contributed by atoms with Gasteiger partial charge < -0.3 is 10.6 Å². The van der Waals surface area contributed by atoms with Crippen molar-refractivity contribution >= 4 is 28.6 Å². The minimum absolute atomic E-state index is 0.474. The molecular formula is C15H22N4S2. The smallest absolute Gasteiger partial charge is 0.191 e. The van der Waals surface area contributed by atoms with Crippen LogP contribution >= 0.6 is 22.7 Å². The molecule has 2 aromatic heterocycles. The van der Waals surface area contributed by atoms with E-state index in [4.69, 9.17) is 0 Å². The fourth-order valence-corrected chi connectivity index (χ4v) is 3.38. The topological polar surface area (TPSA) is 49.3 Å². The minimum atomic E-state index is 0.474. The van der Waals surface area contributed by atoms with E-state index in [0.717, 1.165) is 24.1 Å². The van der Waals surface area contributed by atoms with Gasteiger partial charge in [-0.1, -0.05) is 6.92 Å². The fourth-order valence-electron chi connectivity index (χ4n) is 1.89. The molecule has 0 radical (unpaired) electrons.